The van der Waals surface area contributed by atoms with E-state index in [2.05, 4.69) is 4.98 Å². The van der Waals surface area contributed by atoms with Crippen molar-refractivity contribution in [2.24, 2.45) is 0 Å². The zero-order valence-corrected chi connectivity index (χ0v) is 12.7. The minimum absolute atomic E-state index is 0.102. The van der Waals surface area contributed by atoms with Crippen molar-refractivity contribution in [3.63, 3.8) is 0 Å². The van der Waals surface area contributed by atoms with Gasteiger partial charge in [0.15, 0.2) is 0 Å². The molecule has 0 radical (unpaired) electrons. The molecule has 114 valence electrons. The number of ether oxygens (including phenoxy) is 1. The van der Waals surface area contributed by atoms with E-state index in [0.717, 1.165) is 36.2 Å². The number of hydrogen-bond donors (Lipinski definition) is 0. The summed E-state index contributed by atoms with van der Waals surface area (Å²) in [6, 6.07) is 13.9. The predicted octanol–water partition coefficient (Wildman–Crippen LogP) is 3.86. The monoisotopic (exact) mass is 296 g/mol. The van der Waals surface area contributed by atoms with Gasteiger partial charge in [0.1, 0.15) is 6.61 Å². The fourth-order valence-corrected chi connectivity index (χ4v) is 2.91. The Morgan fingerprint density at radius 2 is 2.14 bits per heavy atom. The summed E-state index contributed by atoms with van der Waals surface area (Å²) < 4.78 is 5.47. The summed E-state index contributed by atoms with van der Waals surface area (Å²) in [6.45, 7) is 3.04. The van der Waals surface area contributed by atoms with E-state index >= 15 is 0 Å². The Hall–Kier alpha value is -2.36. The molecule has 3 rings (SSSR count). The van der Waals surface area contributed by atoms with Gasteiger partial charge in [-0.25, -0.2) is 4.79 Å². The van der Waals surface area contributed by atoms with Crippen LogP contribution in [0.1, 0.15) is 35.7 Å². The molecule has 1 aromatic heterocycles. The number of aromatic nitrogens is 1. The summed E-state index contributed by atoms with van der Waals surface area (Å²) >= 11 is 0. The second-order valence-corrected chi connectivity index (χ2v) is 5.62. The third-order valence-electron chi connectivity index (χ3n) is 4.00. The minimum Gasteiger partial charge on any atom is -0.445 e. The molecular weight excluding hydrogens is 276 g/mol. The van der Waals surface area contributed by atoms with Crippen molar-refractivity contribution in [1.29, 1.82) is 0 Å². The van der Waals surface area contributed by atoms with Crippen molar-refractivity contribution < 1.29 is 9.53 Å². The molecule has 22 heavy (non-hydrogen) atoms. The second-order valence-electron chi connectivity index (χ2n) is 5.62. The predicted molar refractivity (Wildman–Crippen MR) is 84.3 cm³/mol. The molecule has 1 aromatic carbocycles. The molecule has 0 aliphatic carbocycles. The lowest BCUT2D eigenvalue weighted by molar-refractivity contribution is 0.0920. The van der Waals surface area contributed by atoms with E-state index in [1.165, 1.54) is 0 Å². The maximum Gasteiger partial charge on any atom is 0.410 e. The molecule has 1 fully saturated rings. The van der Waals surface area contributed by atoms with E-state index in [1.807, 2.05) is 54.3 Å². The SMILES string of the molecule is Cc1cc([C@H]2CCCN2C(=O)OCc2ccccc2)ccn1. The first-order valence-corrected chi connectivity index (χ1v) is 7.64. The Morgan fingerprint density at radius 1 is 1.32 bits per heavy atom. The van der Waals surface area contributed by atoms with Crippen LogP contribution >= 0.6 is 0 Å². The van der Waals surface area contributed by atoms with Gasteiger partial charge in [0.2, 0.25) is 0 Å². The average molecular weight is 296 g/mol. The number of hydrogen-bond acceptors (Lipinski definition) is 3. The summed E-state index contributed by atoms with van der Waals surface area (Å²) in [6.07, 6.45) is 3.55. The third-order valence-corrected chi connectivity index (χ3v) is 4.00. The van der Waals surface area contributed by atoms with Gasteiger partial charge in [-0.2, -0.15) is 0 Å². The van der Waals surface area contributed by atoms with E-state index in [4.69, 9.17) is 4.74 Å². The standard InChI is InChI=1S/C18H20N2O2/c1-14-12-16(9-10-19-14)17-8-5-11-20(17)18(21)22-13-15-6-3-2-4-7-15/h2-4,6-7,9-10,12,17H,5,8,11,13H2,1H3/t17-/m1/s1. The normalized spacial score (nSPS) is 17.5. The van der Waals surface area contributed by atoms with Crippen molar-refractivity contribution in [1.82, 2.24) is 9.88 Å². The molecule has 0 bridgehead atoms. The maximum atomic E-state index is 12.4. The van der Waals surface area contributed by atoms with Gasteiger partial charge in [0.05, 0.1) is 6.04 Å². The number of pyridine rings is 1. The topological polar surface area (TPSA) is 42.4 Å². The molecule has 1 aliphatic heterocycles. The van der Waals surface area contributed by atoms with Gasteiger partial charge in [0, 0.05) is 18.4 Å². The van der Waals surface area contributed by atoms with Gasteiger partial charge in [-0.1, -0.05) is 30.3 Å². The summed E-state index contributed by atoms with van der Waals surface area (Å²) in [5.41, 5.74) is 3.12. The average Bonchev–Trinajstić information content (AvgIpc) is 3.03. The number of benzene rings is 1. The summed E-state index contributed by atoms with van der Waals surface area (Å²) in [5.74, 6) is 0. The lowest BCUT2D eigenvalue weighted by atomic mass is 10.1. The summed E-state index contributed by atoms with van der Waals surface area (Å²) in [7, 11) is 0. The molecular formula is C18H20N2O2. The van der Waals surface area contributed by atoms with Crippen LogP contribution in [-0.4, -0.2) is 22.5 Å². The zero-order valence-electron chi connectivity index (χ0n) is 12.7. The van der Waals surface area contributed by atoms with Crippen LogP contribution in [0.15, 0.2) is 48.7 Å². The minimum atomic E-state index is -0.235. The second kappa shape index (κ2) is 6.60. The van der Waals surface area contributed by atoms with Crippen molar-refractivity contribution in [2.75, 3.05) is 6.54 Å². The molecule has 2 aromatic rings. The van der Waals surface area contributed by atoms with Gasteiger partial charge >= 0.3 is 6.09 Å². The molecule has 4 nitrogen and oxygen atoms in total. The molecule has 1 saturated heterocycles. The maximum absolute atomic E-state index is 12.4. The van der Waals surface area contributed by atoms with Crippen LogP contribution in [0.25, 0.3) is 0 Å². The van der Waals surface area contributed by atoms with Crippen LogP contribution in [-0.2, 0) is 11.3 Å². The number of carbonyl (C=O) groups is 1. The lowest BCUT2D eigenvalue weighted by Gasteiger charge is -2.24. The van der Waals surface area contributed by atoms with Crippen LogP contribution in [0.2, 0.25) is 0 Å². The van der Waals surface area contributed by atoms with Crippen LogP contribution < -0.4 is 0 Å². The Bertz CT molecular complexity index is 643. The number of nitrogens with zero attached hydrogens (tertiary/aromatic N) is 2. The van der Waals surface area contributed by atoms with Crippen molar-refractivity contribution in [3.05, 3.63) is 65.5 Å². The van der Waals surface area contributed by atoms with E-state index in [1.54, 1.807) is 6.20 Å². The highest BCUT2D eigenvalue weighted by molar-refractivity contribution is 5.68. The van der Waals surface area contributed by atoms with Crippen LogP contribution in [0, 0.1) is 6.92 Å². The first-order chi connectivity index (χ1) is 10.7. The first kappa shape index (κ1) is 14.6. The highest BCUT2D eigenvalue weighted by atomic mass is 16.6. The summed E-state index contributed by atoms with van der Waals surface area (Å²) in [4.78, 5) is 18.4. The Balaban J connectivity index is 1.66. The van der Waals surface area contributed by atoms with Crippen LogP contribution in [0.3, 0.4) is 0 Å². The van der Waals surface area contributed by atoms with E-state index < -0.39 is 0 Å². The quantitative estimate of drug-likeness (QED) is 0.863. The smallest absolute Gasteiger partial charge is 0.410 e. The van der Waals surface area contributed by atoms with E-state index in [0.29, 0.717) is 6.61 Å². The molecule has 1 amide bonds. The van der Waals surface area contributed by atoms with Crippen molar-refractivity contribution >= 4 is 6.09 Å². The number of aryl methyl sites for hydroxylation is 1. The molecule has 0 spiro atoms. The Kier molecular flexibility index (Phi) is 4.37. The lowest BCUT2D eigenvalue weighted by Crippen LogP contribution is -2.31. The molecule has 0 unspecified atom stereocenters. The number of likely N-dealkylation sites (tertiary alicyclic amines) is 1. The fraction of sp³-hybridized carbons (Fsp3) is 0.333. The Labute approximate surface area is 130 Å². The van der Waals surface area contributed by atoms with Gasteiger partial charge in [-0.05, 0) is 43.0 Å². The zero-order chi connectivity index (χ0) is 15.4. The highest BCUT2D eigenvalue weighted by Gasteiger charge is 2.31. The van der Waals surface area contributed by atoms with Gasteiger partial charge in [0.25, 0.3) is 0 Å². The third kappa shape index (κ3) is 3.27. The molecule has 2 heterocycles. The number of amides is 1. The molecule has 1 atom stereocenters. The molecule has 0 N–H and O–H groups in total. The summed E-state index contributed by atoms with van der Waals surface area (Å²) in [5, 5.41) is 0. The van der Waals surface area contributed by atoms with Gasteiger partial charge in [-0.15, -0.1) is 0 Å². The molecule has 0 saturated carbocycles. The van der Waals surface area contributed by atoms with Crippen LogP contribution in [0.5, 0.6) is 0 Å². The number of rotatable bonds is 3. The van der Waals surface area contributed by atoms with Gasteiger partial charge < -0.3 is 9.64 Å². The van der Waals surface area contributed by atoms with Crippen molar-refractivity contribution in [3.8, 4) is 0 Å². The molecule has 1 aliphatic rings. The first-order valence-electron chi connectivity index (χ1n) is 7.64. The van der Waals surface area contributed by atoms with Crippen molar-refractivity contribution in [2.45, 2.75) is 32.4 Å². The van der Waals surface area contributed by atoms with Crippen LogP contribution in [0.4, 0.5) is 4.79 Å². The Morgan fingerprint density at radius 3 is 2.91 bits per heavy atom. The number of carbonyl (C=O) groups excluding carboxylic acids is 1. The fourth-order valence-electron chi connectivity index (χ4n) is 2.91. The van der Waals surface area contributed by atoms with E-state index in [-0.39, 0.29) is 12.1 Å². The van der Waals surface area contributed by atoms with E-state index in [9.17, 15) is 4.79 Å². The molecule has 4 heteroatoms. The van der Waals surface area contributed by atoms with Gasteiger partial charge in [-0.3, -0.25) is 4.98 Å². The largest absolute Gasteiger partial charge is 0.445 e. The highest BCUT2D eigenvalue weighted by Crippen LogP contribution is 2.32.